The summed E-state index contributed by atoms with van der Waals surface area (Å²) < 4.78 is 0. The first-order valence-corrected chi connectivity index (χ1v) is 7.85. The summed E-state index contributed by atoms with van der Waals surface area (Å²) in [5, 5.41) is 4.76. The summed E-state index contributed by atoms with van der Waals surface area (Å²) in [5.74, 6) is 1.05. The molecule has 0 aromatic heterocycles. The fourth-order valence-corrected chi connectivity index (χ4v) is 3.80. The minimum Gasteiger partial charge on any atom is -0.311 e. The van der Waals surface area contributed by atoms with Gasteiger partial charge >= 0.3 is 0 Å². The van der Waals surface area contributed by atoms with E-state index in [1.165, 1.54) is 44.9 Å². The van der Waals surface area contributed by atoms with E-state index in [1.54, 1.807) is 0 Å². The maximum absolute atomic E-state index is 3.83. The Kier molecular flexibility index (Phi) is 4.39. The molecular weight excluding hydrogens is 202 g/mol. The van der Waals surface area contributed by atoms with Gasteiger partial charge in [0.15, 0.2) is 0 Å². The van der Waals surface area contributed by atoms with Crippen LogP contribution in [0.4, 0.5) is 0 Å². The van der Waals surface area contributed by atoms with Crippen molar-refractivity contribution in [2.75, 3.05) is 6.26 Å². The van der Waals surface area contributed by atoms with Crippen LogP contribution in [-0.2, 0) is 0 Å². The van der Waals surface area contributed by atoms with Crippen LogP contribution >= 0.6 is 11.8 Å². The van der Waals surface area contributed by atoms with Crippen molar-refractivity contribution in [3.63, 3.8) is 0 Å². The lowest BCUT2D eigenvalue weighted by molar-refractivity contribution is 0.257. The SMILES string of the molecule is CSC1CCC(NC(C)CC2CCC2)C1. The molecule has 0 aromatic carbocycles. The lowest BCUT2D eigenvalue weighted by atomic mass is 9.81. The van der Waals surface area contributed by atoms with Crippen molar-refractivity contribution in [1.82, 2.24) is 5.32 Å². The maximum Gasteiger partial charge on any atom is 0.00804 e. The predicted molar refractivity (Wildman–Crippen MR) is 69.5 cm³/mol. The van der Waals surface area contributed by atoms with E-state index in [2.05, 4.69) is 30.3 Å². The quantitative estimate of drug-likeness (QED) is 0.772. The van der Waals surface area contributed by atoms with E-state index in [0.717, 1.165) is 23.3 Å². The molecule has 1 N–H and O–H groups in total. The summed E-state index contributed by atoms with van der Waals surface area (Å²) in [7, 11) is 0. The van der Waals surface area contributed by atoms with Gasteiger partial charge in [0.05, 0.1) is 0 Å². The normalized spacial score (nSPS) is 34.0. The summed E-state index contributed by atoms with van der Waals surface area (Å²) in [5.41, 5.74) is 0. The van der Waals surface area contributed by atoms with Crippen LogP contribution in [0.5, 0.6) is 0 Å². The number of thioether (sulfide) groups is 1. The lowest BCUT2D eigenvalue weighted by Gasteiger charge is -2.30. The molecule has 15 heavy (non-hydrogen) atoms. The van der Waals surface area contributed by atoms with Crippen LogP contribution in [0.2, 0.25) is 0 Å². The van der Waals surface area contributed by atoms with Gasteiger partial charge in [-0.1, -0.05) is 19.3 Å². The molecule has 0 amide bonds. The van der Waals surface area contributed by atoms with Crippen LogP contribution in [-0.4, -0.2) is 23.6 Å². The van der Waals surface area contributed by atoms with Gasteiger partial charge < -0.3 is 5.32 Å². The van der Waals surface area contributed by atoms with E-state index in [1.807, 2.05) is 0 Å². The number of rotatable bonds is 5. The minimum absolute atomic E-state index is 0.751. The van der Waals surface area contributed by atoms with Gasteiger partial charge in [0.25, 0.3) is 0 Å². The second-order valence-corrected chi connectivity index (χ2v) is 6.61. The third kappa shape index (κ3) is 3.39. The van der Waals surface area contributed by atoms with Gasteiger partial charge in [-0.15, -0.1) is 0 Å². The van der Waals surface area contributed by atoms with Crippen LogP contribution in [0.1, 0.15) is 51.9 Å². The molecule has 0 spiro atoms. The largest absolute Gasteiger partial charge is 0.311 e. The molecule has 0 bridgehead atoms. The van der Waals surface area contributed by atoms with Crippen LogP contribution in [0, 0.1) is 5.92 Å². The third-order valence-corrected chi connectivity index (χ3v) is 5.24. The number of hydrogen-bond donors (Lipinski definition) is 1. The molecule has 0 heterocycles. The van der Waals surface area contributed by atoms with E-state index < -0.39 is 0 Å². The first-order chi connectivity index (χ1) is 7.28. The Labute approximate surface area is 98.8 Å². The lowest BCUT2D eigenvalue weighted by Crippen LogP contribution is -2.37. The summed E-state index contributed by atoms with van der Waals surface area (Å²) in [6, 6.07) is 1.57. The molecule has 1 nitrogen and oxygen atoms in total. The molecule has 2 rings (SSSR count). The molecule has 0 aliphatic heterocycles. The van der Waals surface area contributed by atoms with Crippen molar-refractivity contribution in [3.8, 4) is 0 Å². The van der Waals surface area contributed by atoms with E-state index in [9.17, 15) is 0 Å². The highest BCUT2D eigenvalue weighted by molar-refractivity contribution is 7.99. The number of nitrogens with one attached hydrogen (secondary N) is 1. The summed E-state index contributed by atoms with van der Waals surface area (Å²) in [4.78, 5) is 0. The van der Waals surface area contributed by atoms with Crippen molar-refractivity contribution >= 4 is 11.8 Å². The molecule has 2 fully saturated rings. The van der Waals surface area contributed by atoms with Crippen LogP contribution in [0.3, 0.4) is 0 Å². The van der Waals surface area contributed by atoms with Gasteiger partial charge in [-0.25, -0.2) is 0 Å². The van der Waals surface area contributed by atoms with Crippen LogP contribution < -0.4 is 5.32 Å². The Balaban J connectivity index is 1.63. The molecule has 0 aromatic rings. The fourth-order valence-electron chi connectivity index (χ4n) is 3.00. The average molecular weight is 227 g/mol. The Bertz CT molecular complexity index is 191. The summed E-state index contributed by atoms with van der Waals surface area (Å²) >= 11 is 2.05. The van der Waals surface area contributed by atoms with E-state index in [0.29, 0.717) is 0 Å². The van der Waals surface area contributed by atoms with Crippen molar-refractivity contribution in [2.24, 2.45) is 5.92 Å². The third-order valence-electron chi connectivity index (χ3n) is 4.15. The van der Waals surface area contributed by atoms with Crippen molar-refractivity contribution in [1.29, 1.82) is 0 Å². The molecule has 0 radical (unpaired) electrons. The predicted octanol–water partition coefficient (Wildman–Crippen LogP) is 3.44. The zero-order valence-electron chi connectivity index (χ0n) is 10.2. The topological polar surface area (TPSA) is 12.0 Å². The molecule has 3 unspecified atom stereocenters. The highest BCUT2D eigenvalue weighted by Crippen LogP contribution is 2.32. The summed E-state index contributed by atoms with van der Waals surface area (Å²) in [6.07, 6.45) is 12.4. The Hall–Kier alpha value is 0.310. The highest BCUT2D eigenvalue weighted by Gasteiger charge is 2.26. The van der Waals surface area contributed by atoms with Gasteiger partial charge in [0.2, 0.25) is 0 Å². The first-order valence-electron chi connectivity index (χ1n) is 6.56. The summed E-state index contributed by atoms with van der Waals surface area (Å²) in [6.45, 7) is 2.38. The van der Waals surface area contributed by atoms with E-state index >= 15 is 0 Å². The first kappa shape index (κ1) is 11.8. The maximum atomic E-state index is 3.83. The molecule has 2 aliphatic rings. The Morgan fingerprint density at radius 2 is 2.07 bits per heavy atom. The molecule has 0 saturated heterocycles. The van der Waals surface area contributed by atoms with Gasteiger partial charge in [0, 0.05) is 17.3 Å². The van der Waals surface area contributed by atoms with Gasteiger partial charge in [-0.2, -0.15) is 11.8 Å². The zero-order valence-corrected chi connectivity index (χ0v) is 11.0. The van der Waals surface area contributed by atoms with Crippen molar-refractivity contribution in [3.05, 3.63) is 0 Å². The van der Waals surface area contributed by atoms with E-state index in [4.69, 9.17) is 0 Å². The Morgan fingerprint density at radius 3 is 2.60 bits per heavy atom. The highest BCUT2D eigenvalue weighted by atomic mass is 32.2. The van der Waals surface area contributed by atoms with Crippen LogP contribution in [0.25, 0.3) is 0 Å². The van der Waals surface area contributed by atoms with Gasteiger partial charge in [0.1, 0.15) is 0 Å². The average Bonchev–Trinajstić information content (AvgIpc) is 2.59. The Morgan fingerprint density at radius 1 is 1.27 bits per heavy atom. The molecule has 3 atom stereocenters. The van der Waals surface area contributed by atoms with Crippen LogP contribution in [0.15, 0.2) is 0 Å². The monoisotopic (exact) mass is 227 g/mol. The van der Waals surface area contributed by atoms with E-state index in [-0.39, 0.29) is 0 Å². The molecular formula is C13H25NS. The molecule has 88 valence electrons. The minimum atomic E-state index is 0.751. The standard InChI is InChI=1S/C13H25NS/c1-10(8-11-4-3-5-11)14-12-6-7-13(9-12)15-2/h10-14H,3-9H2,1-2H3. The van der Waals surface area contributed by atoms with Gasteiger partial charge in [-0.3, -0.25) is 0 Å². The van der Waals surface area contributed by atoms with Crippen molar-refractivity contribution < 1.29 is 0 Å². The van der Waals surface area contributed by atoms with Crippen molar-refractivity contribution in [2.45, 2.75) is 69.2 Å². The smallest absolute Gasteiger partial charge is 0.00804 e. The molecule has 2 saturated carbocycles. The molecule has 2 heteroatoms. The second kappa shape index (κ2) is 5.58. The fraction of sp³-hybridized carbons (Fsp3) is 1.00. The zero-order chi connectivity index (χ0) is 10.7. The second-order valence-electron chi connectivity index (χ2n) is 5.47. The number of hydrogen-bond acceptors (Lipinski definition) is 2. The van der Waals surface area contributed by atoms with Gasteiger partial charge in [-0.05, 0) is 44.8 Å². The molecule has 2 aliphatic carbocycles.